The van der Waals surface area contributed by atoms with Gasteiger partial charge in [-0.1, -0.05) is 6.92 Å². The van der Waals surface area contributed by atoms with Crippen LogP contribution in [0.2, 0.25) is 0 Å². The molecule has 78 valence electrons. The molecule has 0 heterocycles. The maximum atomic E-state index is 6.17. The molecule has 3 unspecified atom stereocenters. The van der Waals surface area contributed by atoms with E-state index < -0.39 is 0 Å². The number of hydrogen-bond donors (Lipinski definition) is 0. The Labute approximate surface area is 86.8 Å². The highest BCUT2D eigenvalue weighted by molar-refractivity contribution is 6.20. The van der Waals surface area contributed by atoms with E-state index in [0.717, 1.165) is 19.1 Å². The maximum absolute atomic E-state index is 6.17. The molecule has 1 nitrogen and oxygen atoms in total. The largest absolute Gasteiger partial charge is 0.382 e. The Morgan fingerprint density at radius 1 is 1.38 bits per heavy atom. The number of rotatable bonds is 5. The molecule has 0 aromatic heterocycles. The summed E-state index contributed by atoms with van der Waals surface area (Å²) in [6.45, 7) is 6.11. The zero-order valence-corrected chi connectivity index (χ0v) is 9.52. The van der Waals surface area contributed by atoms with Gasteiger partial charge in [0, 0.05) is 18.6 Å². The molecule has 1 saturated carbocycles. The third-order valence-corrected chi connectivity index (χ3v) is 3.81. The van der Waals surface area contributed by atoms with Gasteiger partial charge < -0.3 is 4.74 Å². The average molecular weight is 205 g/mol. The SMILES string of the molecule is CCOCCCC1CCC(Cl)C1C. The summed E-state index contributed by atoms with van der Waals surface area (Å²) in [5, 5.41) is 0.428. The summed E-state index contributed by atoms with van der Waals surface area (Å²) in [6, 6.07) is 0. The Morgan fingerprint density at radius 2 is 2.15 bits per heavy atom. The van der Waals surface area contributed by atoms with E-state index in [1.54, 1.807) is 0 Å². The fourth-order valence-electron chi connectivity index (χ4n) is 2.19. The van der Waals surface area contributed by atoms with Gasteiger partial charge >= 0.3 is 0 Å². The zero-order valence-electron chi connectivity index (χ0n) is 8.76. The van der Waals surface area contributed by atoms with E-state index in [0.29, 0.717) is 11.3 Å². The molecule has 0 aromatic carbocycles. The Kier molecular flexibility index (Phi) is 5.12. The lowest BCUT2D eigenvalue weighted by Gasteiger charge is -2.16. The molecule has 13 heavy (non-hydrogen) atoms. The number of ether oxygens (including phenoxy) is 1. The van der Waals surface area contributed by atoms with Crippen LogP contribution >= 0.6 is 11.6 Å². The van der Waals surface area contributed by atoms with E-state index in [2.05, 4.69) is 6.92 Å². The molecule has 0 amide bonds. The number of halogens is 1. The molecule has 3 atom stereocenters. The predicted molar refractivity (Wildman–Crippen MR) is 57.3 cm³/mol. The van der Waals surface area contributed by atoms with Crippen LogP contribution in [0.3, 0.4) is 0 Å². The Bertz CT molecular complexity index is 138. The van der Waals surface area contributed by atoms with Crippen molar-refractivity contribution >= 4 is 11.6 Å². The van der Waals surface area contributed by atoms with Gasteiger partial charge in [-0.05, 0) is 44.4 Å². The van der Waals surface area contributed by atoms with Crippen LogP contribution in [-0.2, 0) is 4.74 Å². The predicted octanol–water partition coefficient (Wildman–Crippen LogP) is 3.46. The van der Waals surface area contributed by atoms with Crippen LogP contribution in [-0.4, -0.2) is 18.6 Å². The van der Waals surface area contributed by atoms with Gasteiger partial charge in [-0.25, -0.2) is 0 Å². The van der Waals surface area contributed by atoms with Crippen LogP contribution in [0.25, 0.3) is 0 Å². The van der Waals surface area contributed by atoms with E-state index >= 15 is 0 Å². The first-order valence-corrected chi connectivity index (χ1v) is 5.91. The van der Waals surface area contributed by atoms with Gasteiger partial charge in [-0.3, -0.25) is 0 Å². The van der Waals surface area contributed by atoms with E-state index in [1.807, 2.05) is 6.92 Å². The molecule has 1 aliphatic rings. The Morgan fingerprint density at radius 3 is 2.69 bits per heavy atom. The van der Waals surface area contributed by atoms with Gasteiger partial charge in [0.05, 0.1) is 0 Å². The van der Waals surface area contributed by atoms with Gasteiger partial charge in [0.1, 0.15) is 0 Å². The van der Waals surface area contributed by atoms with Crippen LogP contribution in [0, 0.1) is 11.8 Å². The Balaban J connectivity index is 2.08. The second-order valence-electron chi connectivity index (χ2n) is 4.05. The van der Waals surface area contributed by atoms with Crippen molar-refractivity contribution in [3.63, 3.8) is 0 Å². The van der Waals surface area contributed by atoms with Crippen molar-refractivity contribution in [2.24, 2.45) is 11.8 Å². The molecule has 0 aromatic rings. The van der Waals surface area contributed by atoms with Crippen molar-refractivity contribution in [2.75, 3.05) is 13.2 Å². The highest BCUT2D eigenvalue weighted by Crippen LogP contribution is 2.37. The van der Waals surface area contributed by atoms with Crippen molar-refractivity contribution in [1.29, 1.82) is 0 Å². The van der Waals surface area contributed by atoms with Crippen LogP contribution in [0.4, 0.5) is 0 Å². The quantitative estimate of drug-likeness (QED) is 0.493. The minimum Gasteiger partial charge on any atom is -0.382 e. The first-order valence-electron chi connectivity index (χ1n) is 5.47. The molecular weight excluding hydrogens is 184 g/mol. The lowest BCUT2D eigenvalue weighted by Crippen LogP contribution is -2.11. The normalized spacial score (nSPS) is 33.9. The molecule has 0 bridgehead atoms. The lowest BCUT2D eigenvalue weighted by molar-refractivity contribution is 0.137. The summed E-state index contributed by atoms with van der Waals surface area (Å²) in [5.74, 6) is 1.56. The standard InChI is InChI=1S/C11H21ClO/c1-3-13-8-4-5-10-6-7-11(12)9(10)2/h9-11H,3-8H2,1-2H3. The number of hydrogen-bond acceptors (Lipinski definition) is 1. The van der Waals surface area contributed by atoms with Crippen molar-refractivity contribution in [3.05, 3.63) is 0 Å². The lowest BCUT2D eigenvalue weighted by atomic mass is 9.93. The maximum Gasteiger partial charge on any atom is 0.0465 e. The fraction of sp³-hybridized carbons (Fsp3) is 1.00. The molecular formula is C11H21ClO. The van der Waals surface area contributed by atoms with Crippen LogP contribution in [0.15, 0.2) is 0 Å². The molecule has 0 radical (unpaired) electrons. The third kappa shape index (κ3) is 3.47. The van der Waals surface area contributed by atoms with Crippen molar-refractivity contribution in [1.82, 2.24) is 0 Å². The zero-order chi connectivity index (χ0) is 9.68. The molecule has 0 saturated heterocycles. The van der Waals surface area contributed by atoms with E-state index in [1.165, 1.54) is 25.7 Å². The summed E-state index contributed by atoms with van der Waals surface area (Å²) < 4.78 is 5.32. The second-order valence-corrected chi connectivity index (χ2v) is 4.61. The van der Waals surface area contributed by atoms with Gasteiger partial charge in [0.2, 0.25) is 0 Å². The topological polar surface area (TPSA) is 9.23 Å². The molecule has 0 aliphatic heterocycles. The molecule has 1 fully saturated rings. The van der Waals surface area contributed by atoms with Gasteiger partial charge in [-0.15, -0.1) is 11.6 Å². The van der Waals surface area contributed by atoms with E-state index in [9.17, 15) is 0 Å². The number of alkyl halides is 1. The summed E-state index contributed by atoms with van der Waals surface area (Å²) in [4.78, 5) is 0. The van der Waals surface area contributed by atoms with Crippen LogP contribution in [0.1, 0.15) is 39.5 Å². The highest BCUT2D eigenvalue weighted by Gasteiger charge is 2.30. The molecule has 0 spiro atoms. The second kappa shape index (κ2) is 5.87. The van der Waals surface area contributed by atoms with Crippen LogP contribution < -0.4 is 0 Å². The van der Waals surface area contributed by atoms with E-state index in [-0.39, 0.29) is 0 Å². The fourth-order valence-corrected chi connectivity index (χ4v) is 2.53. The first-order chi connectivity index (χ1) is 6.25. The molecule has 1 aliphatic carbocycles. The monoisotopic (exact) mass is 204 g/mol. The van der Waals surface area contributed by atoms with Gasteiger partial charge in [0.25, 0.3) is 0 Å². The smallest absolute Gasteiger partial charge is 0.0465 e. The highest BCUT2D eigenvalue weighted by atomic mass is 35.5. The molecule has 2 heteroatoms. The van der Waals surface area contributed by atoms with Gasteiger partial charge in [-0.2, -0.15) is 0 Å². The van der Waals surface area contributed by atoms with Crippen molar-refractivity contribution < 1.29 is 4.74 Å². The summed E-state index contributed by atoms with van der Waals surface area (Å²) >= 11 is 6.17. The minimum atomic E-state index is 0.428. The summed E-state index contributed by atoms with van der Waals surface area (Å²) in [6.07, 6.45) is 5.03. The van der Waals surface area contributed by atoms with Crippen molar-refractivity contribution in [2.45, 2.75) is 44.9 Å². The molecule has 1 rings (SSSR count). The minimum absolute atomic E-state index is 0.428. The summed E-state index contributed by atoms with van der Waals surface area (Å²) in [7, 11) is 0. The van der Waals surface area contributed by atoms with Crippen molar-refractivity contribution in [3.8, 4) is 0 Å². The summed E-state index contributed by atoms with van der Waals surface area (Å²) in [5.41, 5.74) is 0. The Hall–Kier alpha value is 0.250. The molecule has 0 N–H and O–H groups in total. The van der Waals surface area contributed by atoms with E-state index in [4.69, 9.17) is 16.3 Å². The van der Waals surface area contributed by atoms with Gasteiger partial charge in [0.15, 0.2) is 0 Å². The average Bonchev–Trinajstić information content (AvgIpc) is 2.43. The van der Waals surface area contributed by atoms with Crippen LogP contribution in [0.5, 0.6) is 0 Å². The first kappa shape index (κ1) is 11.3. The third-order valence-electron chi connectivity index (χ3n) is 3.20.